The Morgan fingerprint density at radius 1 is 1.25 bits per heavy atom. The molecule has 2 aliphatic rings. The van der Waals surface area contributed by atoms with Gasteiger partial charge in [-0.1, -0.05) is 34.1 Å². The molecule has 2 aliphatic carbocycles. The van der Waals surface area contributed by atoms with E-state index < -0.39 is 0 Å². The van der Waals surface area contributed by atoms with Crippen molar-refractivity contribution in [1.29, 1.82) is 0 Å². The van der Waals surface area contributed by atoms with Crippen LogP contribution in [0.2, 0.25) is 0 Å². The van der Waals surface area contributed by atoms with Gasteiger partial charge in [-0.15, -0.1) is 0 Å². The number of rotatable bonds is 7. The lowest BCUT2D eigenvalue weighted by Crippen LogP contribution is -2.43. The van der Waals surface area contributed by atoms with Crippen molar-refractivity contribution in [3.63, 3.8) is 0 Å². The highest BCUT2D eigenvalue weighted by Crippen LogP contribution is 2.63. The second kappa shape index (κ2) is 6.57. The quantitative estimate of drug-likeness (QED) is 0.629. The van der Waals surface area contributed by atoms with E-state index in [0.29, 0.717) is 18.4 Å². The molecule has 3 nitrogen and oxygen atoms in total. The molecule has 3 heteroatoms. The van der Waals surface area contributed by atoms with Crippen molar-refractivity contribution < 1.29 is 9.53 Å². The fraction of sp³-hybridized carbons (Fsp3) is 0.762. The first-order valence-electron chi connectivity index (χ1n) is 9.69. The summed E-state index contributed by atoms with van der Waals surface area (Å²) in [5, 5.41) is 0. The van der Waals surface area contributed by atoms with Gasteiger partial charge in [-0.25, -0.2) is 0 Å². The van der Waals surface area contributed by atoms with E-state index in [1.807, 2.05) is 0 Å². The smallest absolute Gasteiger partial charge is 0.306 e. The number of carbonyl (C=O) groups is 1. The Bertz CT molecular complexity index is 558. The number of esters is 1. The molecule has 0 aliphatic heterocycles. The van der Waals surface area contributed by atoms with E-state index in [2.05, 4.69) is 56.8 Å². The molecule has 1 aromatic rings. The molecule has 0 spiro atoms. The van der Waals surface area contributed by atoms with Gasteiger partial charge in [-0.05, 0) is 50.2 Å². The van der Waals surface area contributed by atoms with Crippen LogP contribution in [0.5, 0.6) is 0 Å². The van der Waals surface area contributed by atoms with Gasteiger partial charge in [0.1, 0.15) is 6.10 Å². The lowest BCUT2D eigenvalue weighted by atomic mass is 9.70. The molecule has 0 N–H and O–H groups in total. The molecule has 1 heterocycles. The van der Waals surface area contributed by atoms with Crippen molar-refractivity contribution in [1.82, 2.24) is 4.57 Å². The fourth-order valence-electron chi connectivity index (χ4n) is 5.39. The number of hydrogen-bond acceptors (Lipinski definition) is 2. The van der Waals surface area contributed by atoms with Gasteiger partial charge in [-0.2, -0.15) is 0 Å². The standard InChI is InChI=1S/C21H33NO2/c1-5-8-17(22-13-6-7-14-22)9-10-18(23)24-19-20(2,3)16-11-12-21(19,4)15-16/h6-7,13-14,16-17,19H,5,8-12,15H2,1-4H3/t16-,17+,19-,21+/m0/s1. The maximum atomic E-state index is 12.6. The number of hydrogen-bond donors (Lipinski definition) is 0. The summed E-state index contributed by atoms with van der Waals surface area (Å²) in [5.74, 6) is 0.711. The first kappa shape index (κ1) is 17.6. The normalized spacial score (nSPS) is 32.0. The molecule has 0 aromatic carbocycles. The average molecular weight is 332 g/mol. The third-order valence-electron chi connectivity index (χ3n) is 6.74. The number of fused-ring (bicyclic) bond motifs is 2. The van der Waals surface area contributed by atoms with E-state index in [-0.39, 0.29) is 22.9 Å². The molecular weight excluding hydrogens is 298 g/mol. The molecule has 134 valence electrons. The van der Waals surface area contributed by atoms with Crippen LogP contribution in [0, 0.1) is 16.7 Å². The maximum Gasteiger partial charge on any atom is 0.306 e. The summed E-state index contributed by atoms with van der Waals surface area (Å²) in [6.45, 7) is 9.10. The molecule has 4 atom stereocenters. The third-order valence-corrected chi connectivity index (χ3v) is 6.74. The van der Waals surface area contributed by atoms with E-state index in [4.69, 9.17) is 4.74 Å². The Morgan fingerprint density at radius 2 is 1.96 bits per heavy atom. The van der Waals surface area contributed by atoms with Crippen molar-refractivity contribution >= 4 is 5.97 Å². The van der Waals surface area contributed by atoms with Crippen LogP contribution in [0.15, 0.2) is 24.5 Å². The van der Waals surface area contributed by atoms with Crippen molar-refractivity contribution in [2.45, 2.75) is 84.8 Å². The summed E-state index contributed by atoms with van der Waals surface area (Å²) in [7, 11) is 0. The van der Waals surface area contributed by atoms with Gasteiger partial charge in [-0.3, -0.25) is 4.79 Å². The summed E-state index contributed by atoms with van der Waals surface area (Å²) in [6, 6.07) is 4.51. The molecule has 24 heavy (non-hydrogen) atoms. The minimum Gasteiger partial charge on any atom is -0.461 e. The lowest BCUT2D eigenvalue weighted by Gasteiger charge is -2.41. The minimum atomic E-state index is -0.00453. The molecule has 0 amide bonds. The molecule has 1 aromatic heterocycles. The van der Waals surface area contributed by atoms with Crippen LogP contribution in [0.3, 0.4) is 0 Å². The van der Waals surface area contributed by atoms with Crippen molar-refractivity contribution in [2.75, 3.05) is 0 Å². The van der Waals surface area contributed by atoms with Crippen molar-refractivity contribution in [3.8, 4) is 0 Å². The van der Waals surface area contributed by atoms with Gasteiger partial charge in [0.2, 0.25) is 0 Å². The predicted octanol–water partition coefficient (Wildman–Crippen LogP) is 5.37. The van der Waals surface area contributed by atoms with Gasteiger partial charge in [0.05, 0.1) is 0 Å². The first-order valence-corrected chi connectivity index (χ1v) is 9.69. The monoisotopic (exact) mass is 331 g/mol. The van der Waals surface area contributed by atoms with Crippen LogP contribution in [0.1, 0.15) is 78.7 Å². The second-order valence-corrected chi connectivity index (χ2v) is 8.90. The summed E-state index contributed by atoms with van der Waals surface area (Å²) in [5.41, 5.74) is 0.332. The molecule has 2 fully saturated rings. The third kappa shape index (κ3) is 3.14. The molecule has 2 bridgehead atoms. The van der Waals surface area contributed by atoms with E-state index in [1.165, 1.54) is 19.3 Å². The van der Waals surface area contributed by atoms with E-state index in [1.54, 1.807) is 0 Å². The van der Waals surface area contributed by atoms with Crippen molar-refractivity contribution in [3.05, 3.63) is 24.5 Å². The molecule has 2 saturated carbocycles. The van der Waals surface area contributed by atoms with Gasteiger partial charge in [0, 0.05) is 35.7 Å². The number of ether oxygens (including phenoxy) is 1. The van der Waals surface area contributed by atoms with Gasteiger partial charge >= 0.3 is 5.97 Å². The van der Waals surface area contributed by atoms with Crippen LogP contribution >= 0.6 is 0 Å². The van der Waals surface area contributed by atoms with E-state index in [0.717, 1.165) is 19.3 Å². The molecular formula is C21H33NO2. The zero-order chi connectivity index (χ0) is 17.4. The number of nitrogens with zero attached hydrogens (tertiary/aromatic N) is 1. The minimum absolute atomic E-state index is 0.00453. The van der Waals surface area contributed by atoms with E-state index >= 15 is 0 Å². The number of aromatic nitrogens is 1. The highest BCUT2D eigenvalue weighted by molar-refractivity contribution is 5.69. The Hall–Kier alpha value is -1.25. The summed E-state index contributed by atoms with van der Waals surface area (Å²) in [6.07, 6.45) is 11.7. The average Bonchev–Trinajstić information content (AvgIpc) is 3.21. The Morgan fingerprint density at radius 3 is 2.54 bits per heavy atom. The zero-order valence-corrected chi connectivity index (χ0v) is 15.8. The second-order valence-electron chi connectivity index (χ2n) is 8.90. The Labute approximate surface area is 146 Å². The summed E-state index contributed by atoms with van der Waals surface area (Å²) in [4.78, 5) is 12.6. The fourth-order valence-corrected chi connectivity index (χ4v) is 5.39. The summed E-state index contributed by atoms with van der Waals surface area (Å²) < 4.78 is 8.30. The molecule has 0 radical (unpaired) electrons. The highest BCUT2D eigenvalue weighted by atomic mass is 16.5. The topological polar surface area (TPSA) is 31.2 Å². The van der Waals surface area contributed by atoms with Crippen molar-refractivity contribution in [2.24, 2.45) is 16.7 Å². The SMILES string of the molecule is CCC[C@H](CCC(=O)O[C@H]1C(C)(C)[C@H]2CC[C@]1(C)C2)n1cccc1. The first-order chi connectivity index (χ1) is 11.4. The lowest BCUT2D eigenvalue weighted by molar-refractivity contribution is -0.164. The maximum absolute atomic E-state index is 12.6. The van der Waals surface area contributed by atoms with Gasteiger partial charge in [0.15, 0.2) is 0 Å². The molecule has 0 unspecified atom stereocenters. The van der Waals surface area contributed by atoms with Crippen LogP contribution in [0.25, 0.3) is 0 Å². The van der Waals surface area contributed by atoms with E-state index in [9.17, 15) is 4.79 Å². The highest BCUT2D eigenvalue weighted by Gasteiger charge is 2.61. The Kier molecular flexibility index (Phi) is 4.81. The summed E-state index contributed by atoms with van der Waals surface area (Å²) >= 11 is 0. The van der Waals surface area contributed by atoms with Crippen LogP contribution < -0.4 is 0 Å². The largest absolute Gasteiger partial charge is 0.461 e. The van der Waals surface area contributed by atoms with Crippen LogP contribution in [-0.4, -0.2) is 16.6 Å². The molecule has 3 rings (SSSR count). The van der Waals surface area contributed by atoms with Gasteiger partial charge in [0.25, 0.3) is 0 Å². The molecule has 0 saturated heterocycles. The predicted molar refractivity (Wildman–Crippen MR) is 96.7 cm³/mol. The van der Waals surface area contributed by atoms with Crippen LogP contribution in [-0.2, 0) is 9.53 Å². The zero-order valence-electron chi connectivity index (χ0n) is 15.8. The van der Waals surface area contributed by atoms with Crippen LogP contribution in [0.4, 0.5) is 0 Å². The van der Waals surface area contributed by atoms with Gasteiger partial charge < -0.3 is 9.30 Å². The number of carbonyl (C=O) groups excluding carboxylic acids is 1. The Balaban J connectivity index is 1.57.